The van der Waals surface area contributed by atoms with E-state index in [2.05, 4.69) is 50.2 Å². The second kappa shape index (κ2) is 5.96. The van der Waals surface area contributed by atoms with Crippen molar-refractivity contribution < 1.29 is 4.79 Å². The first kappa shape index (κ1) is 14.8. The second-order valence-corrected chi connectivity index (χ2v) is 6.97. The van der Waals surface area contributed by atoms with Crippen LogP contribution in [0.25, 0.3) is 11.1 Å². The van der Waals surface area contributed by atoms with Crippen LogP contribution in [0.5, 0.6) is 0 Å². The predicted molar refractivity (Wildman–Crippen MR) is 90.6 cm³/mol. The van der Waals surface area contributed by atoms with Crippen molar-refractivity contribution in [3.63, 3.8) is 0 Å². The standard InChI is InChI=1S/C20H23NO/c1-20(2)12-13-21(15-20)19(22)14-16-8-10-18(11-9-16)17-6-4-3-5-7-17/h3-11H,12-15H2,1-2H3. The molecule has 0 aromatic heterocycles. The molecule has 1 saturated heterocycles. The Morgan fingerprint density at radius 2 is 1.64 bits per heavy atom. The molecule has 2 nitrogen and oxygen atoms in total. The first-order valence-electron chi connectivity index (χ1n) is 7.96. The van der Waals surface area contributed by atoms with Gasteiger partial charge in [-0.25, -0.2) is 0 Å². The molecular formula is C20H23NO. The van der Waals surface area contributed by atoms with E-state index in [9.17, 15) is 4.79 Å². The maximum atomic E-state index is 12.4. The van der Waals surface area contributed by atoms with E-state index >= 15 is 0 Å². The summed E-state index contributed by atoms with van der Waals surface area (Å²) in [6.07, 6.45) is 1.61. The van der Waals surface area contributed by atoms with E-state index in [1.54, 1.807) is 0 Å². The van der Waals surface area contributed by atoms with Gasteiger partial charge in [-0.15, -0.1) is 0 Å². The van der Waals surface area contributed by atoms with Crippen LogP contribution in [0.2, 0.25) is 0 Å². The monoisotopic (exact) mass is 293 g/mol. The maximum Gasteiger partial charge on any atom is 0.227 e. The summed E-state index contributed by atoms with van der Waals surface area (Å²) in [5, 5.41) is 0. The molecule has 0 aliphatic carbocycles. The molecule has 1 aliphatic rings. The first-order valence-corrected chi connectivity index (χ1v) is 7.96. The van der Waals surface area contributed by atoms with E-state index in [0.29, 0.717) is 6.42 Å². The van der Waals surface area contributed by atoms with E-state index in [1.807, 2.05) is 23.1 Å². The predicted octanol–water partition coefficient (Wildman–Crippen LogP) is 4.15. The van der Waals surface area contributed by atoms with Crippen LogP contribution in [0, 0.1) is 5.41 Å². The molecule has 1 amide bonds. The van der Waals surface area contributed by atoms with Crippen LogP contribution in [-0.2, 0) is 11.2 Å². The molecule has 1 aliphatic heterocycles. The quantitative estimate of drug-likeness (QED) is 0.832. The highest BCUT2D eigenvalue weighted by atomic mass is 16.2. The van der Waals surface area contributed by atoms with Gasteiger partial charge in [0.2, 0.25) is 5.91 Å². The number of amides is 1. The third-order valence-electron chi connectivity index (χ3n) is 4.45. The van der Waals surface area contributed by atoms with Crippen LogP contribution in [0.15, 0.2) is 54.6 Å². The summed E-state index contributed by atoms with van der Waals surface area (Å²) < 4.78 is 0. The molecule has 0 spiro atoms. The van der Waals surface area contributed by atoms with Gasteiger partial charge in [-0.2, -0.15) is 0 Å². The Morgan fingerprint density at radius 1 is 1.00 bits per heavy atom. The van der Waals surface area contributed by atoms with Crippen molar-refractivity contribution in [1.82, 2.24) is 4.90 Å². The van der Waals surface area contributed by atoms with Crippen LogP contribution >= 0.6 is 0 Å². The lowest BCUT2D eigenvalue weighted by Gasteiger charge is -2.20. The highest BCUT2D eigenvalue weighted by molar-refractivity contribution is 5.79. The Bertz CT molecular complexity index is 643. The van der Waals surface area contributed by atoms with Crippen molar-refractivity contribution >= 4 is 5.91 Å². The van der Waals surface area contributed by atoms with Gasteiger partial charge < -0.3 is 4.90 Å². The fourth-order valence-corrected chi connectivity index (χ4v) is 3.06. The molecule has 22 heavy (non-hydrogen) atoms. The fraction of sp³-hybridized carbons (Fsp3) is 0.350. The first-order chi connectivity index (χ1) is 10.5. The third-order valence-corrected chi connectivity index (χ3v) is 4.45. The zero-order chi connectivity index (χ0) is 15.6. The summed E-state index contributed by atoms with van der Waals surface area (Å²) in [5.74, 6) is 0.248. The Kier molecular flexibility index (Phi) is 4.02. The molecular weight excluding hydrogens is 270 g/mol. The van der Waals surface area contributed by atoms with Crippen molar-refractivity contribution in [2.45, 2.75) is 26.7 Å². The molecule has 1 fully saturated rings. The molecule has 114 valence electrons. The molecule has 1 heterocycles. The number of carbonyl (C=O) groups is 1. The summed E-state index contributed by atoms with van der Waals surface area (Å²) in [5.41, 5.74) is 3.77. The number of likely N-dealkylation sites (tertiary alicyclic amines) is 1. The molecule has 0 radical (unpaired) electrons. The van der Waals surface area contributed by atoms with Gasteiger partial charge in [0.05, 0.1) is 6.42 Å². The summed E-state index contributed by atoms with van der Waals surface area (Å²) in [4.78, 5) is 14.4. The molecule has 0 atom stereocenters. The average Bonchev–Trinajstić information content (AvgIpc) is 2.89. The Labute approximate surface area is 132 Å². The van der Waals surface area contributed by atoms with Crippen molar-refractivity contribution in [3.05, 3.63) is 60.2 Å². The van der Waals surface area contributed by atoms with Crippen LogP contribution < -0.4 is 0 Å². The van der Waals surface area contributed by atoms with E-state index in [-0.39, 0.29) is 11.3 Å². The number of hydrogen-bond donors (Lipinski definition) is 0. The zero-order valence-corrected chi connectivity index (χ0v) is 13.4. The highest BCUT2D eigenvalue weighted by Gasteiger charge is 2.31. The van der Waals surface area contributed by atoms with E-state index in [0.717, 1.165) is 25.1 Å². The van der Waals surface area contributed by atoms with Crippen molar-refractivity contribution in [3.8, 4) is 11.1 Å². The van der Waals surface area contributed by atoms with Gasteiger partial charge in [0.25, 0.3) is 0 Å². The third kappa shape index (κ3) is 3.38. The van der Waals surface area contributed by atoms with Crippen molar-refractivity contribution in [2.75, 3.05) is 13.1 Å². The number of rotatable bonds is 3. The lowest BCUT2D eigenvalue weighted by Crippen LogP contribution is -2.31. The van der Waals surface area contributed by atoms with Crippen molar-refractivity contribution in [1.29, 1.82) is 0 Å². The second-order valence-electron chi connectivity index (χ2n) is 6.97. The smallest absolute Gasteiger partial charge is 0.227 e. The minimum absolute atomic E-state index is 0.248. The molecule has 0 bridgehead atoms. The van der Waals surface area contributed by atoms with Gasteiger partial charge in [-0.3, -0.25) is 4.79 Å². The van der Waals surface area contributed by atoms with Crippen LogP contribution in [-0.4, -0.2) is 23.9 Å². The topological polar surface area (TPSA) is 20.3 Å². The normalized spacial score (nSPS) is 16.7. The fourth-order valence-electron chi connectivity index (χ4n) is 3.06. The zero-order valence-electron chi connectivity index (χ0n) is 13.4. The highest BCUT2D eigenvalue weighted by Crippen LogP contribution is 2.29. The molecule has 3 rings (SSSR count). The lowest BCUT2D eigenvalue weighted by molar-refractivity contribution is -0.129. The Hall–Kier alpha value is -2.09. The molecule has 2 aromatic rings. The summed E-state index contributed by atoms with van der Waals surface area (Å²) in [7, 11) is 0. The Balaban J connectivity index is 1.65. The minimum Gasteiger partial charge on any atom is -0.342 e. The van der Waals surface area contributed by atoms with Crippen LogP contribution in [0.3, 0.4) is 0 Å². The van der Waals surface area contributed by atoms with Crippen molar-refractivity contribution in [2.24, 2.45) is 5.41 Å². The van der Waals surface area contributed by atoms with Gasteiger partial charge >= 0.3 is 0 Å². The number of carbonyl (C=O) groups excluding carboxylic acids is 1. The van der Waals surface area contributed by atoms with E-state index in [1.165, 1.54) is 11.1 Å². The molecule has 2 heteroatoms. The van der Waals surface area contributed by atoms with Gasteiger partial charge in [0.1, 0.15) is 0 Å². The SMILES string of the molecule is CC1(C)CCN(C(=O)Cc2ccc(-c3ccccc3)cc2)C1. The van der Waals surface area contributed by atoms with Crippen LogP contribution in [0.1, 0.15) is 25.8 Å². The number of benzene rings is 2. The minimum atomic E-state index is 0.248. The summed E-state index contributed by atoms with van der Waals surface area (Å²) in [6.45, 7) is 6.24. The number of hydrogen-bond acceptors (Lipinski definition) is 1. The van der Waals surface area contributed by atoms with Gasteiger partial charge in [-0.05, 0) is 28.5 Å². The summed E-state index contributed by atoms with van der Waals surface area (Å²) >= 11 is 0. The average molecular weight is 293 g/mol. The van der Waals surface area contributed by atoms with E-state index in [4.69, 9.17) is 0 Å². The van der Waals surface area contributed by atoms with Gasteiger partial charge in [-0.1, -0.05) is 68.4 Å². The summed E-state index contributed by atoms with van der Waals surface area (Å²) in [6, 6.07) is 18.7. The van der Waals surface area contributed by atoms with Gasteiger partial charge in [0, 0.05) is 13.1 Å². The van der Waals surface area contributed by atoms with Crippen LogP contribution in [0.4, 0.5) is 0 Å². The molecule has 2 aromatic carbocycles. The lowest BCUT2D eigenvalue weighted by atomic mass is 9.93. The maximum absolute atomic E-state index is 12.4. The molecule has 0 N–H and O–H groups in total. The van der Waals surface area contributed by atoms with Gasteiger partial charge in [0.15, 0.2) is 0 Å². The Morgan fingerprint density at radius 3 is 2.23 bits per heavy atom. The van der Waals surface area contributed by atoms with E-state index < -0.39 is 0 Å². The number of nitrogens with zero attached hydrogens (tertiary/aromatic N) is 1. The molecule has 0 unspecified atom stereocenters. The molecule has 0 saturated carbocycles. The largest absolute Gasteiger partial charge is 0.342 e.